The molecular weight excluding hydrogens is 242 g/mol. The first-order chi connectivity index (χ1) is 6.32. The Balaban J connectivity index is 3.12. The molecule has 14 heavy (non-hydrogen) atoms. The van der Waals surface area contributed by atoms with Gasteiger partial charge in [-0.05, 0) is 29.2 Å². The van der Waals surface area contributed by atoms with E-state index >= 15 is 0 Å². The number of rotatable bonds is 1. The number of benzene rings is 1. The van der Waals surface area contributed by atoms with Crippen molar-refractivity contribution in [3.8, 4) is 5.75 Å². The highest BCUT2D eigenvalue weighted by atomic mass is 79.9. The Hall–Kier alpha value is -0.540. The quantitative estimate of drug-likeness (QED) is 0.812. The molecule has 0 fully saturated rings. The SMILES string of the molecule is CC(C)(C)[C@H](N)c1cc(O)ccc1Br. The molecule has 0 unspecified atom stereocenters. The first-order valence-electron chi connectivity index (χ1n) is 4.56. The van der Waals surface area contributed by atoms with Crippen molar-refractivity contribution in [3.05, 3.63) is 28.2 Å². The molecule has 0 amide bonds. The van der Waals surface area contributed by atoms with Crippen LogP contribution in [-0.4, -0.2) is 5.11 Å². The molecule has 0 aliphatic heterocycles. The maximum absolute atomic E-state index is 9.38. The molecule has 1 aromatic rings. The van der Waals surface area contributed by atoms with E-state index in [1.54, 1.807) is 12.1 Å². The molecule has 0 radical (unpaired) electrons. The second kappa shape index (κ2) is 3.91. The van der Waals surface area contributed by atoms with E-state index in [0.717, 1.165) is 10.0 Å². The highest BCUT2D eigenvalue weighted by molar-refractivity contribution is 9.10. The summed E-state index contributed by atoms with van der Waals surface area (Å²) in [5, 5.41) is 9.38. The second-order valence-electron chi connectivity index (χ2n) is 4.55. The van der Waals surface area contributed by atoms with Crippen LogP contribution in [0.3, 0.4) is 0 Å². The van der Waals surface area contributed by atoms with Crippen LogP contribution in [0.4, 0.5) is 0 Å². The predicted molar refractivity (Wildman–Crippen MR) is 62.2 cm³/mol. The molecule has 2 nitrogen and oxygen atoms in total. The van der Waals surface area contributed by atoms with E-state index in [1.165, 1.54) is 0 Å². The lowest BCUT2D eigenvalue weighted by molar-refractivity contribution is 0.325. The van der Waals surface area contributed by atoms with Crippen molar-refractivity contribution in [1.29, 1.82) is 0 Å². The molecule has 78 valence electrons. The van der Waals surface area contributed by atoms with E-state index in [0.29, 0.717) is 0 Å². The molecule has 0 spiro atoms. The average molecular weight is 258 g/mol. The second-order valence-corrected chi connectivity index (χ2v) is 5.40. The van der Waals surface area contributed by atoms with Crippen molar-refractivity contribution in [2.45, 2.75) is 26.8 Å². The Morgan fingerprint density at radius 1 is 1.36 bits per heavy atom. The van der Waals surface area contributed by atoms with E-state index < -0.39 is 0 Å². The van der Waals surface area contributed by atoms with Crippen LogP contribution in [0, 0.1) is 5.41 Å². The molecule has 0 saturated carbocycles. The van der Waals surface area contributed by atoms with Gasteiger partial charge in [-0.1, -0.05) is 36.7 Å². The molecule has 3 N–H and O–H groups in total. The first-order valence-corrected chi connectivity index (χ1v) is 5.35. The molecule has 0 bridgehead atoms. The molecule has 0 aromatic heterocycles. The minimum absolute atomic E-state index is 0.0175. The topological polar surface area (TPSA) is 46.2 Å². The van der Waals surface area contributed by atoms with Crippen molar-refractivity contribution in [3.63, 3.8) is 0 Å². The molecule has 1 aromatic carbocycles. The number of hydrogen-bond donors (Lipinski definition) is 2. The lowest BCUT2D eigenvalue weighted by atomic mass is 9.83. The maximum atomic E-state index is 9.38. The highest BCUT2D eigenvalue weighted by Gasteiger charge is 2.24. The predicted octanol–water partition coefficient (Wildman–Crippen LogP) is 3.20. The summed E-state index contributed by atoms with van der Waals surface area (Å²) in [4.78, 5) is 0. The van der Waals surface area contributed by atoms with Crippen LogP contribution in [0.5, 0.6) is 5.75 Å². The lowest BCUT2D eigenvalue weighted by Crippen LogP contribution is -2.26. The van der Waals surface area contributed by atoms with Gasteiger partial charge in [0.25, 0.3) is 0 Å². The summed E-state index contributed by atoms with van der Waals surface area (Å²) in [6, 6.07) is 5.07. The van der Waals surface area contributed by atoms with E-state index in [9.17, 15) is 5.11 Å². The summed E-state index contributed by atoms with van der Waals surface area (Å²) >= 11 is 3.43. The van der Waals surface area contributed by atoms with E-state index in [2.05, 4.69) is 36.7 Å². The third kappa shape index (κ3) is 2.49. The smallest absolute Gasteiger partial charge is 0.115 e. The summed E-state index contributed by atoms with van der Waals surface area (Å²) in [5.74, 6) is 0.253. The van der Waals surface area contributed by atoms with Crippen molar-refractivity contribution >= 4 is 15.9 Å². The Morgan fingerprint density at radius 3 is 2.43 bits per heavy atom. The monoisotopic (exact) mass is 257 g/mol. The zero-order valence-corrected chi connectivity index (χ0v) is 10.3. The normalized spacial score (nSPS) is 14.1. The number of aromatic hydroxyl groups is 1. The van der Waals surface area contributed by atoms with Gasteiger partial charge in [-0.2, -0.15) is 0 Å². The zero-order valence-electron chi connectivity index (χ0n) is 8.71. The summed E-state index contributed by atoms with van der Waals surface area (Å²) in [5.41, 5.74) is 7.03. The average Bonchev–Trinajstić information content (AvgIpc) is 2.06. The Kier molecular flexibility index (Phi) is 3.22. The van der Waals surface area contributed by atoms with Gasteiger partial charge in [0.15, 0.2) is 0 Å². The van der Waals surface area contributed by atoms with Crippen LogP contribution in [-0.2, 0) is 0 Å². The number of hydrogen-bond acceptors (Lipinski definition) is 2. The van der Waals surface area contributed by atoms with Gasteiger partial charge in [-0.3, -0.25) is 0 Å². The summed E-state index contributed by atoms with van der Waals surface area (Å²) in [6.07, 6.45) is 0. The van der Waals surface area contributed by atoms with Crippen molar-refractivity contribution < 1.29 is 5.11 Å². The molecule has 0 aliphatic rings. The van der Waals surface area contributed by atoms with Gasteiger partial charge < -0.3 is 10.8 Å². The summed E-state index contributed by atoms with van der Waals surface area (Å²) in [7, 11) is 0. The summed E-state index contributed by atoms with van der Waals surface area (Å²) < 4.78 is 0.942. The molecule has 1 atom stereocenters. The number of halogens is 1. The third-order valence-electron chi connectivity index (χ3n) is 2.25. The standard InChI is InChI=1S/C11H16BrNO/c1-11(2,3)10(13)8-6-7(14)4-5-9(8)12/h4-6,10,14H,13H2,1-3H3/t10-/m1/s1. The lowest BCUT2D eigenvalue weighted by Gasteiger charge is -2.28. The fraction of sp³-hybridized carbons (Fsp3) is 0.455. The highest BCUT2D eigenvalue weighted by Crippen LogP contribution is 2.35. The Morgan fingerprint density at radius 2 is 1.93 bits per heavy atom. The molecular formula is C11H16BrNO. The van der Waals surface area contributed by atoms with E-state index in [-0.39, 0.29) is 17.2 Å². The van der Waals surface area contributed by atoms with Crippen molar-refractivity contribution in [1.82, 2.24) is 0 Å². The Labute approximate surface area is 93.3 Å². The van der Waals surface area contributed by atoms with Gasteiger partial charge in [-0.25, -0.2) is 0 Å². The zero-order chi connectivity index (χ0) is 10.9. The van der Waals surface area contributed by atoms with Gasteiger partial charge in [0.05, 0.1) is 0 Å². The fourth-order valence-electron chi connectivity index (χ4n) is 1.24. The first kappa shape index (κ1) is 11.5. The van der Waals surface area contributed by atoms with Crippen LogP contribution in [0.2, 0.25) is 0 Å². The third-order valence-corrected chi connectivity index (χ3v) is 2.97. The molecule has 0 aliphatic carbocycles. The van der Waals surface area contributed by atoms with Crippen molar-refractivity contribution in [2.24, 2.45) is 11.1 Å². The number of nitrogens with two attached hydrogens (primary N) is 1. The minimum Gasteiger partial charge on any atom is -0.508 e. The fourth-order valence-corrected chi connectivity index (χ4v) is 1.73. The van der Waals surface area contributed by atoms with Crippen LogP contribution >= 0.6 is 15.9 Å². The molecule has 1 rings (SSSR count). The molecule has 0 saturated heterocycles. The number of phenolic OH excluding ortho intramolecular Hbond substituents is 1. The van der Waals surface area contributed by atoms with Gasteiger partial charge >= 0.3 is 0 Å². The van der Waals surface area contributed by atoms with Crippen LogP contribution < -0.4 is 5.73 Å². The van der Waals surface area contributed by atoms with Gasteiger partial charge in [-0.15, -0.1) is 0 Å². The Bertz CT molecular complexity index is 331. The number of phenols is 1. The van der Waals surface area contributed by atoms with Crippen LogP contribution in [0.1, 0.15) is 32.4 Å². The molecule has 0 heterocycles. The van der Waals surface area contributed by atoms with E-state index in [4.69, 9.17) is 5.73 Å². The largest absolute Gasteiger partial charge is 0.508 e. The van der Waals surface area contributed by atoms with Gasteiger partial charge in [0.1, 0.15) is 5.75 Å². The minimum atomic E-state index is -0.0935. The van der Waals surface area contributed by atoms with Crippen LogP contribution in [0.25, 0.3) is 0 Å². The van der Waals surface area contributed by atoms with Crippen molar-refractivity contribution in [2.75, 3.05) is 0 Å². The van der Waals surface area contributed by atoms with E-state index in [1.807, 2.05) is 6.07 Å². The van der Waals surface area contributed by atoms with Gasteiger partial charge in [0, 0.05) is 10.5 Å². The van der Waals surface area contributed by atoms with Gasteiger partial charge in [0.2, 0.25) is 0 Å². The van der Waals surface area contributed by atoms with Crippen LogP contribution in [0.15, 0.2) is 22.7 Å². The maximum Gasteiger partial charge on any atom is 0.115 e. The summed E-state index contributed by atoms with van der Waals surface area (Å²) in [6.45, 7) is 6.23. The molecule has 3 heteroatoms.